The summed E-state index contributed by atoms with van der Waals surface area (Å²) in [5, 5.41) is 10.2. The van der Waals surface area contributed by atoms with Crippen LogP contribution in [0, 0.1) is 10.1 Å². The molecule has 41 heavy (non-hydrogen) atoms. The highest BCUT2D eigenvalue weighted by atomic mass is 35.5. The molecule has 1 heterocycles. The van der Waals surface area contributed by atoms with Crippen LogP contribution in [0.1, 0.15) is 28.8 Å². The highest BCUT2D eigenvalue weighted by Gasteiger charge is 2.22. The average Bonchev–Trinajstić information content (AvgIpc) is 3.31. The van der Waals surface area contributed by atoms with Crippen LogP contribution in [0.4, 0.5) is 0 Å². The van der Waals surface area contributed by atoms with Gasteiger partial charge >= 0.3 is 5.97 Å². The van der Waals surface area contributed by atoms with Gasteiger partial charge in [-0.05, 0) is 60.9 Å². The first kappa shape index (κ1) is 31.4. The third-order valence-corrected chi connectivity index (χ3v) is 6.94. The fourth-order valence-electron chi connectivity index (χ4n) is 3.74. The first-order chi connectivity index (χ1) is 19.7. The maximum absolute atomic E-state index is 13.3. The predicted octanol–water partition coefficient (Wildman–Crippen LogP) is 4.37. The number of halogens is 1. The zero-order chi connectivity index (χ0) is 29.8. The largest absolute Gasteiger partial charge is 0.497 e. The van der Waals surface area contributed by atoms with Crippen LogP contribution in [0.25, 0.3) is 10.9 Å². The van der Waals surface area contributed by atoms with Crippen molar-refractivity contribution in [2.75, 3.05) is 33.2 Å². The second-order valence-corrected chi connectivity index (χ2v) is 10.0. The number of nitrogens with zero attached hydrogens (tertiary/aromatic N) is 3. The standard InChI is InChI=1S/C27H28ClN3O9S/c1-37-17-29-23(27(34)39-11-3-4-12-40-31(35)36)16-41-25(32)13-19-15-30(24-10-9-21(38-2)14-22(19)24)26(33)18-5-7-20(28)8-6-18/h5-10,14-15,17,23H,3-4,11-13,16H2,1-2H3. The van der Waals surface area contributed by atoms with Crippen molar-refractivity contribution in [3.63, 3.8) is 0 Å². The van der Waals surface area contributed by atoms with Crippen LogP contribution in [0.3, 0.4) is 0 Å². The molecule has 0 radical (unpaired) electrons. The molecule has 0 fully saturated rings. The number of esters is 1. The van der Waals surface area contributed by atoms with Gasteiger partial charge in [-0.2, -0.15) is 0 Å². The van der Waals surface area contributed by atoms with E-state index in [1.165, 1.54) is 18.8 Å². The molecule has 0 aliphatic rings. The summed E-state index contributed by atoms with van der Waals surface area (Å²) < 4.78 is 16.8. The highest BCUT2D eigenvalue weighted by molar-refractivity contribution is 8.13. The Labute approximate surface area is 244 Å². The molecule has 218 valence electrons. The molecular weight excluding hydrogens is 578 g/mol. The third kappa shape index (κ3) is 9.22. The van der Waals surface area contributed by atoms with E-state index in [0.717, 1.165) is 18.2 Å². The molecule has 3 aromatic rings. The number of aromatic nitrogens is 1. The lowest BCUT2D eigenvalue weighted by molar-refractivity contribution is -0.757. The molecule has 0 bridgehead atoms. The molecule has 2 aromatic carbocycles. The van der Waals surface area contributed by atoms with Crippen LogP contribution in [-0.4, -0.2) is 72.3 Å². The quantitative estimate of drug-likeness (QED) is 0.0610. The molecule has 14 heteroatoms. The first-order valence-corrected chi connectivity index (χ1v) is 13.7. The maximum Gasteiger partial charge on any atom is 0.331 e. The summed E-state index contributed by atoms with van der Waals surface area (Å²) in [6.07, 6.45) is 3.36. The number of ether oxygens (including phenoxy) is 3. The summed E-state index contributed by atoms with van der Waals surface area (Å²) in [5.41, 5.74) is 1.64. The van der Waals surface area contributed by atoms with E-state index in [9.17, 15) is 24.5 Å². The minimum absolute atomic E-state index is 0.00632. The van der Waals surface area contributed by atoms with Gasteiger partial charge in [-0.25, -0.2) is 9.79 Å². The molecule has 1 aromatic heterocycles. The van der Waals surface area contributed by atoms with Crippen molar-refractivity contribution in [1.29, 1.82) is 0 Å². The van der Waals surface area contributed by atoms with E-state index in [2.05, 4.69) is 9.83 Å². The monoisotopic (exact) mass is 605 g/mol. The molecule has 1 atom stereocenters. The third-order valence-electron chi connectivity index (χ3n) is 5.74. The summed E-state index contributed by atoms with van der Waals surface area (Å²) in [4.78, 5) is 57.2. The first-order valence-electron chi connectivity index (χ1n) is 12.4. The van der Waals surface area contributed by atoms with Crippen LogP contribution in [-0.2, 0) is 30.3 Å². The van der Waals surface area contributed by atoms with Gasteiger partial charge in [0.25, 0.3) is 11.0 Å². The van der Waals surface area contributed by atoms with Crippen LogP contribution >= 0.6 is 23.4 Å². The van der Waals surface area contributed by atoms with E-state index < -0.39 is 17.1 Å². The molecule has 0 aliphatic carbocycles. The van der Waals surface area contributed by atoms with E-state index >= 15 is 0 Å². The van der Waals surface area contributed by atoms with Gasteiger partial charge in [0.15, 0.2) is 17.6 Å². The van der Waals surface area contributed by atoms with Gasteiger partial charge in [-0.1, -0.05) is 23.4 Å². The zero-order valence-electron chi connectivity index (χ0n) is 22.3. The van der Waals surface area contributed by atoms with Crippen molar-refractivity contribution >= 4 is 57.7 Å². The van der Waals surface area contributed by atoms with Gasteiger partial charge in [-0.15, -0.1) is 10.1 Å². The molecule has 0 amide bonds. The average molecular weight is 606 g/mol. The number of aliphatic imine (C=N–C) groups is 1. The second-order valence-electron chi connectivity index (χ2n) is 8.52. The van der Waals surface area contributed by atoms with Gasteiger partial charge in [-0.3, -0.25) is 14.2 Å². The maximum atomic E-state index is 13.3. The number of carbonyl (C=O) groups excluding carboxylic acids is 3. The predicted molar refractivity (Wildman–Crippen MR) is 153 cm³/mol. The fourth-order valence-corrected chi connectivity index (χ4v) is 4.69. The normalized spacial score (nSPS) is 11.8. The van der Waals surface area contributed by atoms with Gasteiger partial charge < -0.3 is 19.0 Å². The smallest absolute Gasteiger partial charge is 0.331 e. The summed E-state index contributed by atoms with van der Waals surface area (Å²) in [7, 11) is 2.90. The summed E-state index contributed by atoms with van der Waals surface area (Å²) >= 11 is 6.86. The lowest BCUT2D eigenvalue weighted by Gasteiger charge is -2.11. The molecule has 1 unspecified atom stereocenters. The number of rotatable bonds is 15. The van der Waals surface area contributed by atoms with E-state index in [0.29, 0.717) is 45.6 Å². The molecule has 3 rings (SSSR count). The van der Waals surface area contributed by atoms with E-state index in [1.54, 1.807) is 48.7 Å². The van der Waals surface area contributed by atoms with Crippen molar-refractivity contribution in [3.8, 4) is 5.75 Å². The Bertz CT molecular complexity index is 1410. The van der Waals surface area contributed by atoms with Crippen molar-refractivity contribution < 1.29 is 38.5 Å². The number of unbranched alkanes of at least 4 members (excludes halogenated alkanes) is 1. The number of benzene rings is 2. The molecule has 0 spiro atoms. The molecule has 0 saturated heterocycles. The lowest BCUT2D eigenvalue weighted by atomic mass is 10.1. The Kier molecular flexibility index (Phi) is 12.0. The Morgan fingerprint density at radius 1 is 1.12 bits per heavy atom. The van der Waals surface area contributed by atoms with E-state index in [1.807, 2.05) is 0 Å². The summed E-state index contributed by atoms with van der Waals surface area (Å²) in [6.45, 7) is -0.0890. The number of methoxy groups -OCH3 is 2. The van der Waals surface area contributed by atoms with Crippen LogP contribution in [0.2, 0.25) is 5.02 Å². The van der Waals surface area contributed by atoms with Gasteiger partial charge in [0.05, 0.1) is 33.0 Å². The zero-order valence-corrected chi connectivity index (χ0v) is 23.9. The van der Waals surface area contributed by atoms with Gasteiger partial charge in [0, 0.05) is 34.3 Å². The fraction of sp³-hybridized carbons (Fsp3) is 0.333. The molecule has 0 aliphatic heterocycles. The molecule has 12 nitrogen and oxygen atoms in total. The van der Waals surface area contributed by atoms with Crippen molar-refractivity contribution in [3.05, 3.63) is 74.9 Å². The number of carbonyl (C=O) groups is 3. The lowest BCUT2D eigenvalue weighted by Crippen LogP contribution is -2.25. The SMILES string of the molecule is COC=NC(CSC(=O)Cc1cn(C(=O)c2ccc(Cl)cc2)c2ccc(OC)cc12)C(=O)OCCCCO[N+](=O)[O-]. The molecular formula is C27H28ClN3O9S. The molecule has 0 saturated carbocycles. The highest BCUT2D eigenvalue weighted by Crippen LogP contribution is 2.28. The Morgan fingerprint density at radius 3 is 2.54 bits per heavy atom. The van der Waals surface area contributed by atoms with E-state index in [4.69, 9.17) is 25.8 Å². The van der Waals surface area contributed by atoms with Crippen LogP contribution < -0.4 is 4.74 Å². The van der Waals surface area contributed by atoms with Crippen molar-refractivity contribution in [2.24, 2.45) is 4.99 Å². The number of fused-ring (bicyclic) bond motifs is 1. The Hall–Kier alpha value is -4.10. The van der Waals surface area contributed by atoms with Gasteiger partial charge in [0.2, 0.25) is 0 Å². The Balaban J connectivity index is 1.69. The Morgan fingerprint density at radius 2 is 1.85 bits per heavy atom. The minimum Gasteiger partial charge on any atom is -0.497 e. The van der Waals surface area contributed by atoms with Crippen LogP contribution in [0.15, 0.2) is 53.7 Å². The number of hydrogen-bond donors (Lipinski definition) is 0. The molecule has 0 N–H and O–H groups in total. The van der Waals surface area contributed by atoms with Gasteiger partial charge in [0.1, 0.15) is 5.75 Å². The van der Waals surface area contributed by atoms with Crippen LogP contribution in [0.5, 0.6) is 5.75 Å². The van der Waals surface area contributed by atoms with Crippen molar-refractivity contribution in [1.82, 2.24) is 4.57 Å². The minimum atomic E-state index is -1.01. The van der Waals surface area contributed by atoms with E-state index in [-0.39, 0.29) is 36.4 Å². The summed E-state index contributed by atoms with van der Waals surface area (Å²) in [5.74, 6) is -0.390. The van der Waals surface area contributed by atoms with Crippen molar-refractivity contribution in [2.45, 2.75) is 25.3 Å². The summed E-state index contributed by atoms with van der Waals surface area (Å²) in [6, 6.07) is 10.7. The number of hydrogen-bond acceptors (Lipinski definition) is 11. The topological polar surface area (TPSA) is 149 Å². The second kappa shape index (κ2) is 15.6. The number of thioether (sulfide) groups is 1.